The summed E-state index contributed by atoms with van der Waals surface area (Å²) in [5.41, 5.74) is 1.08. The van der Waals surface area contributed by atoms with E-state index >= 15 is 0 Å². The molecule has 0 fully saturated rings. The van der Waals surface area contributed by atoms with E-state index in [1.54, 1.807) is 19.1 Å². The number of hydrogen-bond donors (Lipinski definition) is 1. The maximum Gasteiger partial charge on any atom is 0.152 e. The highest BCUT2D eigenvalue weighted by Gasteiger charge is 2.06. The zero-order valence-electron chi connectivity index (χ0n) is 12.0. The molecule has 0 aromatic rings. The molecular formula is C16H27NO. The molecule has 0 aromatic heterocycles. The van der Waals surface area contributed by atoms with Gasteiger partial charge in [-0.15, -0.1) is 0 Å². The average Bonchev–Trinajstić information content (AvgIpc) is 2.35. The van der Waals surface area contributed by atoms with Crippen molar-refractivity contribution < 1.29 is 4.79 Å². The highest BCUT2D eigenvalue weighted by molar-refractivity contribution is 5.87. The SMILES string of the molecule is CCCCC(CC)CCC(=C/C=N)/C=C/C(C)=O. The molecule has 0 rings (SSSR count). The van der Waals surface area contributed by atoms with Gasteiger partial charge >= 0.3 is 0 Å². The number of nitrogens with one attached hydrogen (secondary N) is 1. The fourth-order valence-corrected chi connectivity index (χ4v) is 1.97. The number of allylic oxidation sites excluding steroid dienone is 4. The summed E-state index contributed by atoms with van der Waals surface area (Å²) in [7, 11) is 0. The molecule has 1 atom stereocenters. The zero-order chi connectivity index (χ0) is 13.8. The summed E-state index contributed by atoms with van der Waals surface area (Å²) in [4.78, 5) is 10.9. The minimum absolute atomic E-state index is 0.0592. The molecule has 1 N–H and O–H groups in total. The van der Waals surface area contributed by atoms with Crippen molar-refractivity contribution >= 4 is 12.0 Å². The molecule has 0 amide bonds. The quantitative estimate of drug-likeness (QED) is 0.340. The third-order valence-electron chi connectivity index (χ3n) is 3.21. The molecule has 1 unspecified atom stereocenters. The van der Waals surface area contributed by atoms with E-state index < -0.39 is 0 Å². The van der Waals surface area contributed by atoms with E-state index in [1.165, 1.54) is 31.9 Å². The zero-order valence-corrected chi connectivity index (χ0v) is 12.0. The second kappa shape index (κ2) is 10.9. The second-order valence-electron chi connectivity index (χ2n) is 4.81. The van der Waals surface area contributed by atoms with Crippen LogP contribution >= 0.6 is 0 Å². The van der Waals surface area contributed by atoms with Gasteiger partial charge in [-0.3, -0.25) is 4.79 Å². The fourth-order valence-electron chi connectivity index (χ4n) is 1.97. The molecule has 0 aliphatic rings. The van der Waals surface area contributed by atoms with Crippen molar-refractivity contribution in [1.29, 1.82) is 5.41 Å². The lowest BCUT2D eigenvalue weighted by Gasteiger charge is -2.14. The molecular weight excluding hydrogens is 222 g/mol. The number of unbranched alkanes of at least 4 members (excludes halogenated alkanes) is 1. The number of rotatable bonds is 10. The molecule has 2 nitrogen and oxygen atoms in total. The van der Waals surface area contributed by atoms with Crippen molar-refractivity contribution in [2.75, 3.05) is 0 Å². The van der Waals surface area contributed by atoms with E-state index in [0.29, 0.717) is 0 Å². The van der Waals surface area contributed by atoms with Gasteiger partial charge in [0.25, 0.3) is 0 Å². The predicted molar refractivity (Wildman–Crippen MR) is 79.2 cm³/mol. The topological polar surface area (TPSA) is 40.9 Å². The predicted octanol–water partition coefficient (Wildman–Crippen LogP) is 4.70. The molecule has 102 valence electrons. The summed E-state index contributed by atoms with van der Waals surface area (Å²) in [6.45, 7) is 6.02. The first-order valence-corrected chi connectivity index (χ1v) is 7.02. The van der Waals surface area contributed by atoms with Crippen LogP contribution in [0.25, 0.3) is 0 Å². The van der Waals surface area contributed by atoms with Gasteiger partial charge in [0.05, 0.1) is 0 Å². The minimum Gasteiger partial charge on any atom is -0.309 e. The van der Waals surface area contributed by atoms with Crippen LogP contribution < -0.4 is 0 Å². The van der Waals surface area contributed by atoms with Crippen molar-refractivity contribution in [3.8, 4) is 0 Å². The van der Waals surface area contributed by atoms with Gasteiger partial charge in [0.15, 0.2) is 5.78 Å². The lowest BCUT2D eigenvalue weighted by atomic mass is 9.92. The van der Waals surface area contributed by atoms with Crippen LogP contribution in [0.2, 0.25) is 0 Å². The summed E-state index contributed by atoms with van der Waals surface area (Å²) < 4.78 is 0. The van der Waals surface area contributed by atoms with Crippen LogP contribution in [-0.2, 0) is 4.79 Å². The van der Waals surface area contributed by atoms with Gasteiger partial charge in [-0.25, -0.2) is 0 Å². The largest absolute Gasteiger partial charge is 0.309 e. The third kappa shape index (κ3) is 8.91. The Hall–Kier alpha value is -1.18. The van der Waals surface area contributed by atoms with Gasteiger partial charge < -0.3 is 5.41 Å². The van der Waals surface area contributed by atoms with Crippen LogP contribution in [0.1, 0.15) is 59.3 Å². The van der Waals surface area contributed by atoms with Crippen LogP contribution in [0.3, 0.4) is 0 Å². The van der Waals surface area contributed by atoms with Gasteiger partial charge in [0.1, 0.15) is 0 Å². The van der Waals surface area contributed by atoms with Crippen LogP contribution in [0.15, 0.2) is 23.8 Å². The Balaban J connectivity index is 4.28. The highest BCUT2D eigenvalue weighted by atomic mass is 16.1. The maximum absolute atomic E-state index is 10.9. The normalized spacial score (nSPS) is 13.8. The molecule has 0 radical (unpaired) electrons. The summed E-state index contributed by atoms with van der Waals surface area (Å²) >= 11 is 0. The van der Waals surface area contributed by atoms with Crippen molar-refractivity contribution in [3.05, 3.63) is 23.8 Å². The lowest BCUT2D eigenvalue weighted by Crippen LogP contribution is -1.99. The Kier molecular flexibility index (Phi) is 10.2. The second-order valence-corrected chi connectivity index (χ2v) is 4.81. The lowest BCUT2D eigenvalue weighted by molar-refractivity contribution is -0.112. The molecule has 0 aliphatic heterocycles. The van der Waals surface area contributed by atoms with Gasteiger partial charge in [0.2, 0.25) is 0 Å². The highest BCUT2D eigenvalue weighted by Crippen LogP contribution is 2.21. The molecule has 0 heterocycles. The molecule has 0 saturated carbocycles. The number of ketones is 1. The summed E-state index contributed by atoms with van der Waals surface area (Å²) in [5, 5.41) is 7.14. The average molecular weight is 249 g/mol. The van der Waals surface area contributed by atoms with E-state index in [1.807, 2.05) is 6.08 Å². The Morgan fingerprint density at radius 1 is 1.22 bits per heavy atom. The minimum atomic E-state index is 0.0592. The standard InChI is InChI=1S/C16H27NO/c1-4-6-7-15(5-2)10-11-16(12-13-17)9-8-14(3)18/h8-9,12-13,15,17H,4-7,10-11H2,1-3H3/b9-8+,16-12+,17-13?. The monoisotopic (exact) mass is 249 g/mol. The molecule has 0 bridgehead atoms. The van der Waals surface area contributed by atoms with E-state index in [0.717, 1.165) is 24.3 Å². The van der Waals surface area contributed by atoms with Crippen molar-refractivity contribution in [2.45, 2.75) is 59.3 Å². The van der Waals surface area contributed by atoms with Crippen molar-refractivity contribution in [2.24, 2.45) is 5.92 Å². The van der Waals surface area contributed by atoms with E-state index in [2.05, 4.69) is 13.8 Å². The molecule has 0 aliphatic carbocycles. The number of carbonyl (C=O) groups is 1. The molecule has 0 saturated heterocycles. The molecule has 0 aromatic carbocycles. The molecule has 0 spiro atoms. The van der Waals surface area contributed by atoms with Gasteiger partial charge in [0, 0.05) is 6.21 Å². The Labute approximate surface area is 112 Å². The Morgan fingerprint density at radius 2 is 1.94 bits per heavy atom. The summed E-state index contributed by atoms with van der Waals surface area (Å²) in [6, 6.07) is 0. The molecule has 18 heavy (non-hydrogen) atoms. The Morgan fingerprint density at radius 3 is 2.44 bits per heavy atom. The number of hydrogen-bond acceptors (Lipinski definition) is 2. The first-order chi connectivity index (χ1) is 8.63. The fraction of sp³-hybridized carbons (Fsp3) is 0.625. The van der Waals surface area contributed by atoms with Crippen LogP contribution in [-0.4, -0.2) is 12.0 Å². The maximum atomic E-state index is 10.9. The number of carbonyl (C=O) groups excluding carboxylic acids is 1. The Bertz CT molecular complexity index is 302. The van der Waals surface area contributed by atoms with Gasteiger partial charge in [-0.05, 0) is 43.4 Å². The van der Waals surface area contributed by atoms with Crippen LogP contribution in [0.5, 0.6) is 0 Å². The summed E-state index contributed by atoms with van der Waals surface area (Å²) in [6.07, 6.45) is 13.7. The van der Waals surface area contributed by atoms with E-state index in [-0.39, 0.29) is 5.78 Å². The van der Waals surface area contributed by atoms with E-state index in [9.17, 15) is 4.79 Å². The molecule has 2 heteroatoms. The smallest absolute Gasteiger partial charge is 0.152 e. The van der Waals surface area contributed by atoms with Crippen molar-refractivity contribution in [1.82, 2.24) is 0 Å². The van der Waals surface area contributed by atoms with Crippen molar-refractivity contribution in [3.63, 3.8) is 0 Å². The first-order valence-electron chi connectivity index (χ1n) is 7.02. The van der Waals surface area contributed by atoms with Crippen LogP contribution in [0.4, 0.5) is 0 Å². The summed E-state index contributed by atoms with van der Waals surface area (Å²) in [5.74, 6) is 0.828. The van der Waals surface area contributed by atoms with E-state index in [4.69, 9.17) is 5.41 Å². The van der Waals surface area contributed by atoms with Crippen LogP contribution in [0, 0.1) is 11.3 Å². The third-order valence-corrected chi connectivity index (χ3v) is 3.21. The van der Waals surface area contributed by atoms with Gasteiger partial charge in [-0.1, -0.05) is 45.6 Å². The first kappa shape index (κ1) is 16.8. The van der Waals surface area contributed by atoms with Gasteiger partial charge in [-0.2, -0.15) is 0 Å².